The van der Waals surface area contributed by atoms with E-state index in [1.807, 2.05) is 36.7 Å². The van der Waals surface area contributed by atoms with Gasteiger partial charge in [-0.05, 0) is 117 Å². The largest absolute Gasteiger partial charge is 0.309 e. The lowest BCUT2D eigenvalue weighted by Crippen LogP contribution is -1.98. The Bertz CT molecular complexity index is 3550. The van der Waals surface area contributed by atoms with Crippen LogP contribution < -0.4 is 0 Å². The fourth-order valence-electron chi connectivity index (χ4n) is 10.2. The van der Waals surface area contributed by atoms with Crippen LogP contribution in [0.3, 0.4) is 0 Å². The molecule has 0 spiro atoms. The van der Waals surface area contributed by atoms with Crippen LogP contribution in [0, 0.1) is 0 Å². The molecule has 4 nitrogen and oxygen atoms in total. The van der Waals surface area contributed by atoms with Gasteiger partial charge in [-0.2, -0.15) is 0 Å². The molecule has 0 saturated heterocycles. The fraction of sp³-hybridized carbons (Fsp3) is 0. The molecule has 4 aromatic heterocycles. The third-order valence-electron chi connectivity index (χ3n) is 13.0. The van der Waals surface area contributed by atoms with Crippen molar-refractivity contribution in [2.75, 3.05) is 0 Å². The van der Waals surface area contributed by atoms with Crippen molar-refractivity contribution in [3.8, 4) is 56.1 Å². The van der Waals surface area contributed by atoms with Crippen LogP contribution in [0.1, 0.15) is 0 Å². The second-order valence-electron chi connectivity index (χ2n) is 16.5. The van der Waals surface area contributed by atoms with E-state index >= 15 is 0 Å². The molecular formula is C60H38N4. The van der Waals surface area contributed by atoms with E-state index in [-0.39, 0.29) is 0 Å². The number of hydrogen-bond donors (Lipinski definition) is 0. The summed E-state index contributed by atoms with van der Waals surface area (Å²) in [6, 6.07) is 79.3. The first-order valence-corrected chi connectivity index (χ1v) is 21.8. The Hall–Kier alpha value is -8.60. The van der Waals surface area contributed by atoms with Crippen LogP contribution in [0.4, 0.5) is 0 Å². The number of nitrogens with zero attached hydrogens (tertiary/aromatic N) is 4. The smallest absolute Gasteiger partial charge is 0.0701 e. The topological polar surface area (TPSA) is 35.6 Å². The van der Waals surface area contributed by atoms with E-state index in [9.17, 15) is 0 Å². The zero-order valence-corrected chi connectivity index (χ0v) is 34.7. The quantitative estimate of drug-likeness (QED) is 0.157. The number of para-hydroxylation sites is 4. The number of fused-ring (bicyclic) bond motifs is 8. The van der Waals surface area contributed by atoms with Crippen LogP contribution in [-0.2, 0) is 0 Å². The van der Waals surface area contributed by atoms with Crippen LogP contribution in [0.5, 0.6) is 0 Å². The maximum absolute atomic E-state index is 4.68. The van der Waals surface area contributed by atoms with E-state index in [1.165, 1.54) is 76.3 Å². The summed E-state index contributed by atoms with van der Waals surface area (Å²) >= 11 is 0. The predicted octanol–water partition coefficient (Wildman–Crippen LogP) is 15.6. The Kier molecular flexibility index (Phi) is 8.18. The van der Waals surface area contributed by atoms with Gasteiger partial charge in [0.25, 0.3) is 0 Å². The summed E-state index contributed by atoms with van der Waals surface area (Å²) < 4.78 is 4.85. The number of pyridine rings is 2. The van der Waals surface area contributed by atoms with Gasteiger partial charge in [0.2, 0.25) is 0 Å². The molecule has 298 valence electrons. The monoisotopic (exact) mass is 814 g/mol. The first-order valence-electron chi connectivity index (χ1n) is 21.8. The van der Waals surface area contributed by atoms with Gasteiger partial charge in [-0.1, -0.05) is 146 Å². The highest BCUT2D eigenvalue weighted by atomic mass is 15.0. The standard InChI is InChI=1S/C60H38N4/c1-5-19-55-45(13-1)46-14-2-6-20-56(46)63(55)43-31-33-49-51(37-43)59(41-27-23-39(24-28-41)53-17-9-11-35-61-53)50-34-32-44(64-57-21-7-3-15-47(57)48-16-4-8-22-58(48)64)38-52(50)60(49)42-29-25-40(26-30-42)54-18-10-12-36-62-54/h1-38H. The molecule has 0 aliphatic carbocycles. The summed E-state index contributed by atoms with van der Waals surface area (Å²) in [6.07, 6.45) is 3.72. The molecule has 9 aromatic carbocycles. The van der Waals surface area contributed by atoms with E-state index in [2.05, 4.69) is 213 Å². The molecule has 0 bridgehead atoms. The molecule has 13 rings (SSSR count). The minimum atomic E-state index is 0.956. The van der Waals surface area contributed by atoms with Gasteiger partial charge in [0.1, 0.15) is 0 Å². The van der Waals surface area contributed by atoms with Crippen molar-refractivity contribution in [3.63, 3.8) is 0 Å². The van der Waals surface area contributed by atoms with Gasteiger partial charge < -0.3 is 9.13 Å². The molecule has 4 heteroatoms. The molecule has 4 heterocycles. The lowest BCUT2D eigenvalue weighted by atomic mass is 9.85. The van der Waals surface area contributed by atoms with E-state index in [4.69, 9.17) is 0 Å². The lowest BCUT2D eigenvalue weighted by molar-refractivity contribution is 1.18. The molecule has 0 aliphatic rings. The van der Waals surface area contributed by atoms with Crippen molar-refractivity contribution in [1.29, 1.82) is 0 Å². The van der Waals surface area contributed by atoms with E-state index in [1.54, 1.807) is 0 Å². The third-order valence-corrected chi connectivity index (χ3v) is 13.0. The Morgan fingerprint density at radius 1 is 0.250 bits per heavy atom. The Morgan fingerprint density at radius 2 is 0.578 bits per heavy atom. The van der Waals surface area contributed by atoms with Crippen LogP contribution in [0.2, 0.25) is 0 Å². The van der Waals surface area contributed by atoms with Gasteiger partial charge in [0.15, 0.2) is 0 Å². The minimum absolute atomic E-state index is 0.956. The number of benzene rings is 9. The highest BCUT2D eigenvalue weighted by Crippen LogP contribution is 2.47. The van der Waals surface area contributed by atoms with Crippen LogP contribution in [-0.4, -0.2) is 19.1 Å². The molecule has 0 radical (unpaired) electrons. The van der Waals surface area contributed by atoms with E-state index < -0.39 is 0 Å². The first kappa shape index (κ1) is 36.1. The maximum atomic E-state index is 4.68. The van der Waals surface area contributed by atoms with Gasteiger partial charge in [-0.3, -0.25) is 9.97 Å². The summed E-state index contributed by atoms with van der Waals surface area (Å²) in [5.74, 6) is 0. The summed E-state index contributed by atoms with van der Waals surface area (Å²) in [5, 5.41) is 9.72. The molecule has 13 aromatic rings. The van der Waals surface area contributed by atoms with Crippen LogP contribution in [0.15, 0.2) is 231 Å². The van der Waals surface area contributed by atoms with Gasteiger partial charge in [0, 0.05) is 56.4 Å². The average Bonchev–Trinajstić information content (AvgIpc) is 3.89. The average molecular weight is 815 g/mol. The number of aromatic nitrogens is 4. The van der Waals surface area contributed by atoms with Crippen LogP contribution >= 0.6 is 0 Å². The maximum Gasteiger partial charge on any atom is 0.0701 e. The zero-order valence-electron chi connectivity index (χ0n) is 34.7. The second-order valence-corrected chi connectivity index (χ2v) is 16.5. The molecular weight excluding hydrogens is 777 g/mol. The van der Waals surface area contributed by atoms with Crippen molar-refractivity contribution in [1.82, 2.24) is 19.1 Å². The molecule has 0 N–H and O–H groups in total. The number of rotatable bonds is 6. The number of hydrogen-bond acceptors (Lipinski definition) is 2. The Morgan fingerprint density at radius 3 is 0.922 bits per heavy atom. The molecule has 0 amide bonds. The van der Waals surface area contributed by atoms with Crippen molar-refractivity contribution < 1.29 is 0 Å². The SMILES string of the molecule is c1ccc(-c2ccc(-c3c4ccc(-n5c6ccccc6c6ccccc65)cc4c(-c4ccc(-c5ccccn5)cc4)c4ccc(-n5c6ccccc6c6ccccc65)cc34)cc2)nc1. The van der Waals surface area contributed by atoms with Crippen molar-refractivity contribution >= 4 is 65.2 Å². The Balaban J connectivity index is 1.14. The highest BCUT2D eigenvalue weighted by Gasteiger charge is 2.21. The van der Waals surface area contributed by atoms with E-state index in [0.717, 1.165) is 45.0 Å². The van der Waals surface area contributed by atoms with Gasteiger partial charge in [0.05, 0.1) is 33.5 Å². The molecule has 0 unspecified atom stereocenters. The Labute approximate surface area is 369 Å². The second kappa shape index (κ2) is 14.5. The molecule has 64 heavy (non-hydrogen) atoms. The summed E-state index contributed by atoms with van der Waals surface area (Å²) in [6.45, 7) is 0. The lowest BCUT2D eigenvalue weighted by Gasteiger charge is -2.21. The van der Waals surface area contributed by atoms with Gasteiger partial charge >= 0.3 is 0 Å². The summed E-state index contributed by atoms with van der Waals surface area (Å²) in [5.41, 5.74) is 15.8. The highest BCUT2D eigenvalue weighted by molar-refractivity contribution is 6.23. The fourth-order valence-corrected chi connectivity index (χ4v) is 10.2. The van der Waals surface area contributed by atoms with Crippen molar-refractivity contribution in [2.24, 2.45) is 0 Å². The van der Waals surface area contributed by atoms with Crippen LogP contribution in [0.25, 0.3) is 121 Å². The summed E-state index contributed by atoms with van der Waals surface area (Å²) in [4.78, 5) is 9.36. The van der Waals surface area contributed by atoms with Crippen molar-refractivity contribution in [2.45, 2.75) is 0 Å². The summed E-state index contributed by atoms with van der Waals surface area (Å²) in [7, 11) is 0. The van der Waals surface area contributed by atoms with Gasteiger partial charge in [-0.15, -0.1) is 0 Å². The molecule has 0 saturated carbocycles. The first-order chi connectivity index (χ1) is 31.8. The van der Waals surface area contributed by atoms with Crippen molar-refractivity contribution in [3.05, 3.63) is 231 Å². The molecule has 0 aliphatic heterocycles. The third kappa shape index (κ3) is 5.63. The minimum Gasteiger partial charge on any atom is -0.309 e. The molecule has 0 fully saturated rings. The zero-order chi connectivity index (χ0) is 42.1. The predicted molar refractivity (Wildman–Crippen MR) is 267 cm³/mol. The van der Waals surface area contributed by atoms with E-state index in [0.29, 0.717) is 0 Å². The molecule has 0 atom stereocenters. The van der Waals surface area contributed by atoms with Gasteiger partial charge in [-0.25, -0.2) is 0 Å². The normalized spacial score (nSPS) is 11.8.